The minimum atomic E-state index is -0.584. The summed E-state index contributed by atoms with van der Waals surface area (Å²) in [6, 6.07) is 15.1. The maximum Gasteiger partial charge on any atom is 0.410 e. The molecule has 2 aromatic carbocycles. The maximum absolute atomic E-state index is 12.9. The van der Waals surface area contributed by atoms with Crippen LogP contribution in [0.3, 0.4) is 0 Å². The van der Waals surface area contributed by atoms with Gasteiger partial charge in [-0.1, -0.05) is 42.1 Å². The molecule has 0 N–H and O–H groups in total. The lowest BCUT2D eigenvalue weighted by Crippen LogP contribution is -2.56. The first-order chi connectivity index (χ1) is 18.7. The molecule has 3 aromatic rings. The van der Waals surface area contributed by atoms with Gasteiger partial charge in [-0.25, -0.2) is 14.8 Å². The highest BCUT2D eigenvalue weighted by molar-refractivity contribution is 7.98. The summed E-state index contributed by atoms with van der Waals surface area (Å²) in [6.07, 6.45) is 2.71. The van der Waals surface area contributed by atoms with Gasteiger partial charge in [0.05, 0.1) is 30.8 Å². The highest BCUT2D eigenvalue weighted by atomic mass is 32.2. The average Bonchev–Trinajstić information content (AvgIpc) is 2.90. The molecular formula is C30H36N6O2S. The molecule has 39 heavy (non-hydrogen) atoms. The van der Waals surface area contributed by atoms with E-state index in [1.807, 2.05) is 27.0 Å². The molecule has 0 spiro atoms. The summed E-state index contributed by atoms with van der Waals surface area (Å²) >= 11 is 1.54. The lowest BCUT2D eigenvalue weighted by molar-refractivity contribution is 0.0144. The third-order valence-corrected chi connectivity index (χ3v) is 7.82. The number of carbonyl (C=O) groups excluding carboxylic acids is 1. The standard InChI is InChI=1S/C30H36N6O2S/c1-20-16-21-8-6-7-9-23(21)26(17-20)34-13-11-24-25(19-34)32-28(39-5)33-27(24)35-14-15-36(22(18-35)10-12-31)29(37)38-30(2,3)4/h6-9,16-17,22H,10-11,13-15,18-19H2,1-5H3. The van der Waals surface area contributed by atoms with Crippen molar-refractivity contribution in [1.29, 1.82) is 5.26 Å². The van der Waals surface area contributed by atoms with E-state index in [1.165, 1.54) is 27.6 Å². The number of carbonyl (C=O) groups is 1. The van der Waals surface area contributed by atoms with E-state index in [1.54, 1.807) is 16.7 Å². The van der Waals surface area contributed by atoms with Crippen LogP contribution in [0.25, 0.3) is 10.8 Å². The Morgan fingerprint density at radius 3 is 2.69 bits per heavy atom. The van der Waals surface area contributed by atoms with Crippen molar-refractivity contribution in [3.8, 4) is 6.07 Å². The molecule has 2 aliphatic rings. The second-order valence-electron chi connectivity index (χ2n) is 11.3. The summed E-state index contributed by atoms with van der Waals surface area (Å²) in [6.45, 7) is 11.0. The van der Waals surface area contributed by atoms with Crippen molar-refractivity contribution in [2.75, 3.05) is 42.2 Å². The summed E-state index contributed by atoms with van der Waals surface area (Å²) in [5.41, 5.74) is 4.12. The van der Waals surface area contributed by atoms with Crippen LogP contribution in [0.5, 0.6) is 0 Å². The van der Waals surface area contributed by atoms with Gasteiger partial charge in [0, 0.05) is 42.8 Å². The molecule has 0 saturated carbocycles. The van der Waals surface area contributed by atoms with Gasteiger partial charge in [0.1, 0.15) is 11.4 Å². The van der Waals surface area contributed by atoms with Gasteiger partial charge >= 0.3 is 6.09 Å². The van der Waals surface area contributed by atoms with Gasteiger partial charge in [-0.05, 0) is 57.4 Å². The predicted octanol–water partition coefficient (Wildman–Crippen LogP) is 5.56. The molecule has 204 valence electrons. The SMILES string of the molecule is CSc1nc2c(c(N3CCN(C(=O)OC(C)(C)C)C(CC#N)C3)n1)CCN(c1cc(C)cc3ccccc13)C2. The number of benzene rings is 2. The molecule has 1 amide bonds. The van der Waals surface area contributed by atoms with Crippen molar-refractivity contribution < 1.29 is 9.53 Å². The smallest absolute Gasteiger partial charge is 0.410 e. The number of hydrogen-bond acceptors (Lipinski definition) is 8. The zero-order valence-electron chi connectivity index (χ0n) is 23.4. The molecule has 1 aromatic heterocycles. The summed E-state index contributed by atoms with van der Waals surface area (Å²) in [4.78, 5) is 29.2. The number of amides is 1. The fraction of sp³-hybridized carbons (Fsp3) is 0.467. The summed E-state index contributed by atoms with van der Waals surface area (Å²) in [7, 11) is 0. The first-order valence-corrected chi connectivity index (χ1v) is 14.7. The minimum absolute atomic E-state index is 0.243. The number of thioether (sulfide) groups is 1. The third kappa shape index (κ3) is 5.76. The molecule has 5 rings (SSSR count). The van der Waals surface area contributed by atoms with E-state index in [-0.39, 0.29) is 18.6 Å². The van der Waals surface area contributed by atoms with Crippen molar-refractivity contribution >= 4 is 40.1 Å². The number of ether oxygens (including phenoxy) is 1. The number of hydrogen-bond donors (Lipinski definition) is 0. The van der Waals surface area contributed by atoms with Crippen LogP contribution in [0.1, 0.15) is 44.0 Å². The molecule has 0 radical (unpaired) electrons. The monoisotopic (exact) mass is 544 g/mol. The quantitative estimate of drug-likeness (QED) is 0.312. The van der Waals surface area contributed by atoms with Crippen molar-refractivity contribution in [3.05, 3.63) is 53.2 Å². The van der Waals surface area contributed by atoms with E-state index in [9.17, 15) is 10.1 Å². The van der Waals surface area contributed by atoms with E-state index in [0.29, 0.717) is 26.2 Å². The first kappa shape index (κ1) is 27.1. The Bertz CT molecular complexity index is 1430. The number of fused-ring (bicyclic) bond motifs is 2. The number of piperazine rings is 1. The summed E-state index contributed by atoms with van der Waals surface area (Å²) < 4.78 is 5.64. The molecule has 1 saturated heterocycles. The van der Waals surface area contributed by atoms with Gasteiger partial charge in [0.2, 0.25) is 0 Å². The van der Waals surface area contributed by atoms with Crippen molar-refractivity contribution in [3.63, 3.8) is 0 Å². The molecule has 9 heteroatoms. The first-order valence-electron chi connectivity index (χ1n) is 13.5. The second kappa shape index (κ2) is 10.9. The van der Waals surface area contributed by atoms with Crippen LogP contribution < -0.4 is 9.80 Å². The lowest BCUT2D eigenvalue weighted by atomic mass is 10.00. The Hall–Kier alpha value is -3.51. The fourth-order valence-electron chi connectivity index (χ4n) is 5.53. The van der Waals surface area contributed by atoms with Gasteiger partial charge in [-0.2, -0.15) is 5.26 Å². The Balaban J connectivity index is 1.44. The van der Waals surface area contributed by atoms with Gasteiger partial charge in [-0.3, -0.25) is 0 Å². The Morgan fingerprint density at radius 2 is 1.95 bits per heavy atom. The molecular weight excluding hydrogens is 508 g/mol. The van der Waals surface area contributed by atoms with Gasteiger partial charge in [0.15, 0.2) is 5.16 Å². The summed E-state index contributed by atoms with van der Waals surface area (Å²) in [5.74, 6) is 0.935. The Morgan fingerprint density at radius 1 is 1.15 bits per heavy atom. The topological polar surface area (TPSA) is 85.6 Å². The zero-order chi connectivity index (χ0) is 27.7. The Kier molecular flexibility index (Phi) is 7.59. The van der Waals surface area contributed by atoms with Crippen molar-refractivity contribution in [2.45, 2.75) is 63.9 Å². The number of anilines is 2. The molecule has 1 atom stereocenters. The van der Waals surface area contributed by atoms with E-state index in [2.05, 4.69) is 59.2 Å². The highest BCUT2D eigenvalue weighted by Gasteiger charge is 2.35. The second-order valence-corrected chi connectivity index (χ2v) is 12.0. The van der Waals surface area contributed by atoms with E-state index in [4.69, 9.17) is 14.7 Å². The molecule has 1 fully saturated rings. The van der Waals surface area contributed by atoms with Gasteiger partial charge < -0.3 is 19.4 Å². The summed E-state index contributed by atoms with van der Waals surface area (Å²) in [5, 5.41) is 12.8. The molecule has 0 bridgehead atoms. The van der Waals surface area contributed by atoms with Crippen LogP contribution in [0.4, 0.5) is 16.3 Å². The van der Waals surface area contributed by atoms with Crippen LogP contribution >= 0.6 is 11.8 Å². The van der Waals surface area contributed by atoms with Crippen LogP contribution in [0, 0.1) is 18.3 Å². The van der Waals surface area contributed by atoms with E-state index in [0.717, 1.165) is 29.6 Å². The van der Waals surface area contributed by atoms with Crippen LogP contribution in [0.15, 0.2) is 41.6 Å². The number of nitriles is 1. The number of nitrogens with zero attached hydrogens (tertiary/aromatic N) is 6. The maximum atomic E-state index is 12.9. The average molecular weight is 545 g/mol. The number of aryl methyl sites for hydroxylation is 1. The van der Waals surface area contributed by atoms with Crippen LogP contribution in [-0.4, -0.2) is 65.0 Å². The molecule has 8 nitrogen and oxygen atoms in total. The largest absolute Gasteiger partial charge is 0.444 e. The normalized spacial score (nSPS) is 17.6. The van der Waals surface area contributed by atoms with E-state index >= 15 is 0 Å². The minimum Gasteiger partial charge on any atom is -0.444 e. The number of rotatable bonds is 4. The zero-order valence-corrected chi connectivity index (χ0v) is 24.2. The molecule has 3 heterocycles. The van der Waals surface area contributed by atoms with Gasteiger partial charge in [0.25, 0.3) is 0 Å². The van der Waals surface area contributed by atoms with Gasteiger partial charge in [-0.15, -0.1) is 0 Å². The van der Waals surface area contributed by atoms with E-state index < -0.39 is 5.60 Å². The lowest BCUT2D eigenvalue weighted by Gasteiger charge is -2.42. The fourth-order valence-corrected chi connectivity index (χ4v) is 5.91. The molecule has 1 unspecified atom stereocenters. The van der Waals surface area contributed by atoms with Crippen LogP contribution in [0.2, 0.25) is 0 Å². The van der Waals surface area contributed by atoms with Crippen molar-refractivity contribution in [2.24, 2.45) is 0 Å². The highest BCUT2D eigenvalue weighted by Crippen LogP contribution is 2.35. The predicted molar refractivity (Wildman–Crippen MR) is 156 cm³/mol. The number of aromatic nitrogens is 2. The van der Waals surface area contributed by atoms with Crippen molar-refractivity contribution in [1.82, 2.24) is 14.9 Å². The molecule has 0 aliphatic carbocycles. The molecule has 2 aliphatic heterocycles. The Labute approximate surface area is 235 Å². The van der Waals surface area contributed by atoms with Crippen LogP contribution in [-0.2, 0) is 17.7 Å². The third-order valence-electron chi connectivity index (χ3n) is 7.27.